The number of carbonyl (C=O) groups excluding carboxylic acids is 2. The summed E-state index contributed by atoms with van der Waals surface area (Å²) in [6.07, 6.45) is -7.06. The van der Waals surface area contributed by atoms with Gasteiger partial charge in [-0.3, -0.25) is 4.79 Å². The quantitative estimate of drug-likeness (QED) is 0.588. The van der Waals surface area contributed by atoms with Crippen molar-refractivity contribution in [3.63, 3.8) is 0 Å². The number of carbonyl (C=O) groups is 2. The standard InChI is InChI=1S/C16H14ClF5N2O3/c17-11-9(18)2-1-8(12(11)19)13(6-3-7(4-6)16(20,21)22)24-14(25)10-5-23-15(26)27-10/h1-2,6-7,10,13H,3-5H2,(H,23,26)(H,24,25)/t6-,7-,10-,13?/m0/s1. The molecule has 2 N–H and O–H groups in total. The average Bonchev–Trinajstić information content (AvgIpc) is 2.96. The fourth-order valence-corrected chi connectivity index (χ4v) is 3.38. The molecule has 2 atom stereocenters. The molecule has 2 aliphatic rings. The summed E-state index contributed by atoms with van der Waals surface area (Å²) in [4.78, 5) is 23.3. The number of halogens is 6. The Morgan fingerprint density at radius 3 is 2.52 bits per heavy atom. The summed E-state index contributed by atoms with van der Waals surface area (Å²) < 4.78 is 70.9. The third-order valence-corrected chi connectivity index (χ3v) is 5.13. The second kappa shape index (κ2) is 7.14. The molecule has 1 aliphatic carbocycles. The second-order valence-electron chi connectivity index (χ2n) is 6.50. The van der Waals surface area contributed by atoms with Gasteiger partial charge >= 0.3 is 12.3 Å². The van der Waals surface area contributed by atoms with Gasteiger partial charge in [-0.1, -0.05) is 17.7 Å². The van der Waals surface area contributed by atoms with Gasteiger partial charge in [-0.25, -0.2) is 13.6 Å². The van der Waals surface area contributed by atoms with E-state index in [4.69, 9.17) is 16.3 Å². The van der Waals surface area contributed by atoms with Crippen molar-refractivity contribution in [1.29, 1.82) is 0 Å². The van der Waals surface area contributed by atoms with Crippen LogP contribution in [0.25, 0.3) is 0 Å². The molecular formula is C16H14ClF5N2O3. The molecule has 0 aromatic heterocycles. The summed E-state index contributed by atoms with van der Waals surface area (Å²) >= 11 is 5.55. The van der Waals surface area contributed by atoms with Crippen molar-refractivity contribution in [3.8, 4) is 0 Å². The normalized spacial score (nSPS) is 26.0. The first-order valence-electron chi connectivity index (χ1n) is 8.03. The number of nitrogens with one attached hydrogen (secondary N) is 2. The molecule has 1 heterocycles. The van der Waals surface area contributed by atoms with Gasteiger partial charge in [0.05, 0.1) is 18.5 Å². The Morgan fingerprint density at radius 2 is 1.96 bits per heavy atom. The number of ether oxygens (including phenoxy) is 1. The molecule has 27 heavy (non-hydrogen) atoms. The fraction of sp³-hybridized carbons (Fsp3) is 0.500. The number of amides is 2. The third-order valence-electron chi connectivity index (χ3n) is 4.78. The summed E-state index contributed by atoms with van der Waals surface area (Å²) in [6, 6.07) is 0.728. The fourth-order valence-electron chi connectivity index (χ4n) is 3.21. The van der Waals surface area contributed by atoms with E-state index in [1.807, 2.05) is 0 Å². The molecule has 0 spiro atoms. The van der Waals surface area contributed by atoms with Crippen LogP contribution >= 0.6 is 11.6 Å². The first-order chi connectivity index (χ1) is 12.6. The van der Waals surface area contributed by atoms with Crippen molar-refractivity contribution >= 4 is 23.6 Å². The number of alkyl carbamates (subject to hydrolysis) is 1. The summed E-state index contributed by atoms with van der Waals surface area (Å²) in [6.45, 7) is -0.125. The van der Waals surface area contributed by atoms with Crippen molar-refractivity contribution in [2.24, 2.45) is 11.8 Å². The first-order valence-corrected chi connectivity index (χ1v) is 8.40. The molecule has 1 saturated carbocycles. The molecule has 2 amide bonds. The van der Waals surface area contributed by atoms with Gasteiger partial charge < -0.3 is 15.4 Å². The van der Waals surface area contributed by atoms with Crippen LogP contribution in [0.2, 0.25) is 5.02 Å². The molecule has 3 rings (SSSR count). The summed E-state index contributed by atoms with van der Waals surface area (Å²) in [5.74, 6) is -5.28. The predicted octanol–water partition coefficient (Wildman–Crippen LogP) is 3.47. The van der Waals surface area contributed by atoms with E-state index >= 15 is 0 Å². The highest BCUT2D eigenvalue weighted by Gasteiger charge is 2.51. The van der Waals surface area contributed by atoms with Gasteiger partial charge in [0.15, 0.2) is 6.10 Å². The average molecular weight is 413 g/mol. The molecular weight excluding hydrogens is 399 g/mol. The van der Waals surface area contributed by atoms with Gasteiger partial charge in [-0.2, -0.15) is 13.2 Å². The Labute approximate surface area is 155 Å². The number of benzene rings is 1. The van der Waals surface area contributed by atoms with Crippen LogP contribution in [0.15, 0.2) is 12.1 Å². The van der Waals surface area contributed by atoms with Crippen molar-refractivity contribution in [1.82, 2.24) is 10.6 Å². The largest absolute Gasteiger partial charge is 0.434 e. The minimum atomic E-state index is -4.39. The van der Waals surface area contributed by atoms with Crippen LogP contribution in [0.3, 0.4) is 0 Å². The Bertz CT molecular complexity index is 767. The topological polar surface area (TPSA) is 67.4 Å². The molecule has 5 nitrogen and oxygen atoms in total. The van der Waals surface area contributed by atoms with E-state index in [-0.39, 0.29) is 24.9 Å². The van der Waals surface area contributed by atoms with E-state index in [2.05, 4.69) is 10.6 Å². The molecule has 0 bridgehead atoms. The van der Waals surface area contributed by atoms with E-state index in [0.29, 0.717) is 0 Å². The Hall–Kier alpha value is -2.10. The molecule has 11 heteroatoms. The highest BCUT2D eigenvalue weighted by Crippen LogP contribution is 2.50. The number of alkyl halides is 3. The first kappa shape index (κ1) is 19.7. The highest BCUT2D eigenvalue weighted by atomic mass is 35.5. The van der Waals surface area contributed by atoms with Crippen LogP contribution in [0.1, 0.15) is 24.4 Å². The van der Waals surface area contributed by atoms with E-state index in [1.165, 1.54) is 0 Å². The van der Waals surface area contributed by atoms with Crippen molar-refractivity contribution in [3.05, 3.63) is 34.4 Å². The lowest BCUT2D eigenvalue weighted by atomic mass is 9.69. The van der Waals surface area contributed by atoms with E-state index in [1.54, 1.807) is 0 Å². The number of cyclic esters (lactones) is 1. The zero-order valence-electron chi connectivity index (χ0n) is 13.6. The van der Waals surface area contributed by atoms with Crippen LogP contribution in [0.5, 0.6) is 0 Å². The van der Waals surface area contributed by atoms with Crippen LogP contribution in [0, 0.1) is 23.5 Å². The Balaban J connectivity index is 1.83. The molecule has 1 unspecified atom stereocenters. The Kier molecular flexibility index (Phi) is 5.20. The lowest BCUT2D eigenvalue weighted by Crippen LogP contribution is -2.47. The number of hydrogen-bond acceptors (Lipinski definition) is 3. The summed E-state index contributed by atoms with van der Waals surface area (Å²) in [7, 11) is 0. The number of hydrogen-bond donors (Lipinski definition) is 2. The minimum absolute atomic E-state index is 0.125. The van der Waals surface area contributed by atoms with E-state index < -0.39 is 58.8 Å². The van der Waals surface area contributed by atoms with Gasteiger partial charge in [-0.05, 0) is 24.8 Å². The van der Waals surface area contributed by atoms with Crippen LogP contribution in [-0.4, -0.2) is 30.8 Å². The molecule has 1 aliphatic heterocycles. The van der Waals surface area contributed by atoms with Gasteiger partial charge in [0, 0.05) is 5.56 Å². The maximum Gasteiger partial charge on any atom is 0.408 e. The smallest absolute Gasteiger partial charge is 0.408 e. The van der Waals surface area contributed by atoms with Gasteiger partial charge in [0.2, 0.25) is 0 Å². The highest BCUT2D eigenvalue weighted by molar-refractivity contribution is 6.31. The molecule has 148 valence electrons. The second-order valence-corrected chi connectivity index (χ2v) is 6.87. The maximum atomic E-state index is 14.4. The van der Waals surface area contributed by atoms with Crippen molar-refractivity contribution < 1.29 is 36.3 Å². The third kappa shape index (κ3) is 3.95. The van der Waals surface area contributed by atoms with Crippen LogP contribution < -0.4 is 10.6 Å². The molecule has 0 radical (unpaired) electrons. The monoisotopic (exact) mass is 412 g/mol. The van der Waals surface area contributed by atoms with Gasteiger partial charge in [0.1, 0.15) is 16.7 Å². The van der Waals surface area contributed by atoms with E-state index in [9.17, 15) is 31.5 Å². The lowest BCUT2D eigenvalue weighted by molar-refractivity contribution is -0.207. The molecule has 1 aromatic carbocycles. The molecule has 1 saturated heterocycles. The SMILES string of the molecule is O=C1NC[C@@H](C(=O)NC(c2ccc(F)c(Cl)c2F)[C@H]2C[C@H](C(F)(F)F)C2)O1. The van der Waals surface area contributed by atoms with E-state index in [0.717, 1.165) is 12.1 Å². The Morgan fingerprint density at radius 1 is 1.30 bits per heavy atom. The van der Waals surface area contributed by atoms with Crippen LogP contribution in [-0.2, 0) is 9.53 Å². The van der Waals surface area contributed by atoms with Gasteiger partial charge in [-0.15, -0.1) is 0 Å². The zero-order valence-corrected chi connectivity index (χ0v) is 14.3. The van der Waals surface area contributed by atoms with Gasteiger partial charge in [0.25, 0.3) is 5.91 Å². The minimum Gasteiger partial charge on any atom is -0.434 e. The number of rotatable bonds is 4. The van der Waals surface area contributed by atoms with Crippen molar-refractivity contribution in [2.45, 2.75) is 31.2 Å². The molecule has 2 fully saturated rings. The predicted molar refractivity (Wildman–Crippen MR) is 82.8 cm³/mol. The van der Waals surface area contributed by atoms with Crippen molar-refractivity contribution in [2.75, 3.05) is 6.54 Å². The summed E-state index contributed by atoms with van der Waals surface area (Å²) in [5.41, 5.74) is -0.224. The van der Waals surface area contributed by atoms with Crippen LogP contribution in [0.4, 0.5) is 26.7 Å². The zero-order chi connectivity index (χ0) is 19.9. The lowest BCUT2D eigenvalue weighted by Gasteiger charge is -2.41. The maximum absolute atomic E-state index is 14.4. The molecule has 1 aromatic rings. The summed E-state index contributed by atoms with van der Waals surface area (Å²) in [5, 5.41) is 3.86.